The first-order chi connectivity index (χ1) is 52.6. The van der Waals surface area contributed by atoms with Gasteiger partial charge in [0.1, 0.15) is 66.5 Å². The van der Waals surface area contributed by atoms with Gasteiger partial charge in [0.2, 0.25) is 82.7 Å². The number of likely N-dealkylation sites (tertiary alicyclic amines) is 1. The van der Waals surface area contributed by atoms with Crippen molar-refractivity contribution in [1.29, 1.82) is 0 Å². The maximum absolute atomic E-state index is 15.6. The van der Waals surface area contributed by atoms with Crippen LogP contribution in [0.5, 0.6) is 0 Å². The number of aromatic nitrogens is 1. The predicted molar refractivity (Wildman–Crippen MR) is 412 cm³/mol. The van der Waals surface area contributed by atoms with Gasteiger partial charge in [0.25, 0.3) is 0 Å². The molecule has 41 heteroatoms. The number of benzene rings is 1. The summed E-state index contributed by atoms with van der Waals surface area (Å²) < 4.78 is 0. The summed E-state index contributed by atoms with van der Waals surface area (Å²) in [5.41, 5.74) is 42.2. The van der Waals surface area contributed by atoms with E-state index in [9.17, 15) is 72.5 Å². The molecule has 0 saturated carbocycles. The maximum Gasteiger partial charge on any atom is 0.303 e. The number of nitrogens with zero attached hydrogens (tertiary/aromatic N) is 3. The number of aromatic amines is 1. The average Bonchev–Trinajstić information content (AvgIpc) is 1.64. The number of thioether (sulfide) groups is 2. The maximum atomic E-state index is 15.6. The van der Waals surface area contributed by atoms with E-state index in [2.05, 4.69) is 74.1 Å². The van der Waals surface area contributed by atoms with Gasteiger partial charge in [0.15, 0.2) is 5.96 Å². The number of aliphatic imine (C=N–C) groups is 1. The van der Waals surface area contributed by atoms with E-state index in [0.29, 0.717) is 52.9 Å². The molecule has 3 heterocycles. The highest BCUT2D eigenvalue weighted by Crippen LogP contribution is 2.33. The van der Waals surface area contributed by atoms with Crippen LogP contribution in [0.4, 0.5) is 0 Å². The smallest absolute Gasteiger partial charge is 0.303 e. The number of rotatable bonds is 48. The molecule has 0 bridgehead atoms. The number of guanidine groups is 1. The standard InChI is InChI=1S/C70H108N22O17S2/c1-8-35(3)56(87-60(100)42(71)18-14-24-77-70(75)76)68(108)85-48(29-53(72)94)64(104)83-49(30-54(73)95)65(105)88-57(36(4)9-2)69(109)91-32-39(50-33-92(90-89-50)40-15-10-11-16-40)28-52(91)67(107)84-47(27-38-31-78-43-19-13-12-17-41(38)43)63(103)86-51(34-93)66(106)82-45(20-21-55(96)97)61(101)79-37(5)59(99)81-46(23-26-111-7)62(102)80-44(58(74)98)22-25-110-6/h10,12-13,15-17,19,31,33,35-37,39,42,44-49,51-52,56-57,78,89-90,93H,8-9,11,14,18,20-30,32,34,71H2,1-7H3,(H2,72,94)(H2,73,95)(H2,74,98)(H,79,101)(H,80,102)(H,81,99)(H,82,106)(H,83,104)(H,84,107)(H,85,108)(H,86,103)(H,87,100)(H,88,105)(H,96,97)(H4,75,76,77)/t35-,36-,37-,39?,42-,44-,45-,46-,47-,48-,49-,51-,52-,56-,57-/m0/s1. The number of nitrogens with one attached hydrogen (secondary N) is 13. The third-order valence-electron chi connectivity index (χ3n) is 19.0. The van der Waals surface area contributed by atoms with E-state index in [4.69, 9.17) is 34.4 Å². The first kappa shape index (κ1) is 91.1. The summed E-state index contributed by atoms with van der Waals surface area (Å²) >= 11 is 2.78. The summed E-state index contributed by atoms with van der Waals surface area (Å²) in [6.45, 7) is 6.71. The molecule has 39 nitrogen and oxygen atoms in total. The highest BCUT2D eigenvalue weighted by atomic mass is 32.2. The number of hydrazine groups is 2. The summed E-state index contributed by atoms with van der Waals surface area (Å²) in [5, 5.41) is 47.9. The first-order valence-electron chi connectivity index (χ1n) is 36.4. The quantitative estimate of drug-likeness (QED) is 0.0167. The Bertz CT molecular complexity index is 3800. The lowest BCUT2D eigenvalue weighted by Gasteiger charge is -2.33. The van der Waals surface area contributed by atoms with Crippen molar-refractivity contribution in [2.24, 2.45) is 57.1 Å². The summed E-state index contributed by atoms with van der Waals surface area (Å²) in [5.74, 6) is -16.6. The second kappa shape index (κ2) is 45.0. The van der Waals surface area contributed by atoms with Crippen LogP contribution in [-0.4, -0.2) is 236 Å². The minimum Gasteiger partial charge on any atom is -0.481 e. The van der Waals surface area contributed by atoms with Crippen molar-refractivity contribution < 1.29 is 82.1 Å². The molecule has 5 rings (SSSR count). The van der Waals surface area contributed by atoms with Gasteiger partial charge in [-0.3, -0.25) is 81.9 Å². The summed E-state index contributed by atoms with van der Waals surface area (Å²) in [7, 11) is 0. The lowest BCUT2D eigenvalue weighted by molar-refractivity contribution is -0.144. The van der Waals surface area contributed by atoms with Crippen molar-refractivity contribution in [2.75, 3.05) is 43.7 Å². The summed E-state index contributed by atoms with van der Waals surface area (Å²) in [4.78, 5) is 216. The highest BCUT2D eigenvalue weighted by Gasteiger charge is 2.47. The van der Waals surface area contributed by atoms with Gasteiger partial charge >= 0.3 is 5.97 Å². The number of H-pyrrole nitrogens is 1. The lowest BCUT2D eigenvalue weighted by atomic mass is 9.96. The average molecular weight is 1590 g/mol. The van der Waals surface area contributed by atoms with Gasteiger partial charge in [-0.2, -0.15) is 23.5 Å². The Morgan fingerprint density at radius 1 is 0.631 bits per heavy atom. The number of nitrogens with two attached hydrogens (primary N) is 6. The minimum atomic E-state index is -1.92. The van der Waals surface area contributed by atoms with Gasteiger partial charge in [0, 0.05) is 55.1 Å². The molecule has 0 radical (unpaired) electrons. The number of carboxylic acids is 1. The zero-order valence-electron chi connectivity index (χ0n) is 63.2. The van der Waals surface area contributed by atoms with Crippen molar-refractivity contribution in [3.8, 4) is 0 Å². The topological polar surface area (TPSA) is 632 Å². The summed E-state index contributed by atoms with van der Waals surface area (Å²) in [6.07, 6.45) is 10.9. The van der Waals surface area contributed by atoms with Gasteiger partial charge in [-0.1, -0.05) is 70.9 Å². The highest BCUT2D eigenvalue weighted by molar-refractivity contribution is 7.98. The SMILES string of the molecule is CC[C@H](C)[C@H](NC(=O)[C@@H](N)CCCN=C(N)N)C(=O)N[C@@H](CC(N)=O)C(=O)N[C@@H](CC(N)=O)C(=O)N[C@H](C(=O)N1CC(C2=CN(C3=CCC=C3)NN2)C[C@H]1C(=O)N[C@@H](Cc1c[nH]c2ccccc12)C(=O)N[C@@H](CO)C(=O)N[C@@H](CCC(=O)O)C(=O)N[C@@H](C)C(=O)N[C@@H](CCSC)C(=O)N[C@@H](CCSC)C(N)=O)[C@@H](C)CC. The summed E-state index contributed by atoms with van der Waals surface area (Å²) in [6, 6.07) is -11.3. The molecule has 3 aliphatic rings. The molecule has 1 saturated heterocycles. The normalized spacial score (nSPS) is 17.9. The fourth-order valence-corrected chi connectivity index (χ4v) is 13.1. The van der Waals surface area contributed by atoms with Gasteiger partial charge in [-0.05, 0) is 105 Å². The molecule has 1 aromatic carbocycles. The number of carboxylic acid groups (broad SMARTS) is 1. The molecular formula is C70H108N22O17S2. The minimum absolute atomic E-state index is 0.0935. The number of aliphatic hydroxyl groups excluding tert-OH is 1. The van der Waals surface area contributed by atoms with Gasteiger partial charge in [-0.15, -0.1) is 5.53 Å². The van der Waals surface area contributed by atoms with Crippen molar-refractivity contribution in [3.63, 3.8) is 0 Å². The van der Waals surface area contributed by atoms with E-state index in [-0.39, 0.29) is 57.6 Å². The molecule has 2 aliphatic heterocycles. The van der Waals surface area contributed by atoms with E-state index < -0.39 is 211 Å². The fourth-order valence-electron chi connectivity index (χ4n) is 12.2. The van der Waals surface area contributed by atoms with E-state index >= 15 is 9.59 Å². The number of hydrogen-bond donors (Lipinski definition) is 21. The Labute approximate surface area is 650 Å². The monoisotopic (exact) mass is 1590 g/mol. The van der Waals surface area contributed by atoms with Gasteiger partial charge in [-0.25, -0.2) is 0 Å². The Morgan fingerprint density at radius 3 is 1.77 bits per heavy atom. The first-order valence-corrected chi connectivity index (χ1v) is 39.2. The molecule has 612 valence electrons. The van der Waals surface area contributed by atoms with Crippen LogP contribution in [0.2, 0.25) is 0 Å². The Kier molecular flexibility index (Phi) is 36.9. The molecular weight excluding hydrogens is 1490 g/mol. The van der Waals surface area contributed by atoms with Gasteiger partial charge < -0.3 is 113 Å². The van der Waals surface area contributed by atoms with Crippen LogP contribution >= 0.6 is 23.5 Å². The van der Waals surface area contributed by atoms with Crippen LogP contribution in [-0.2, 0) is 78.3 Å². The van der Waals surface area contributed by atoms with E-state index in [1.807, 2.05) is 18.2 Å². The van der Waals surface area contributed by atoms with Gasteiger partial charge in [0.05, 0.1) is 36.9 Å². The molecule has 2 aromatic rings. The van der Waals surface area contributed by atoms with E-state index in [1.165, 1.54) is 35.3 Å². The zero-order chi connectivity index (χ0) is 82.3. The Morgan fingerprint density at radius 2 is 1.17 bits per heavy atom. The number of hydrogen-bond acceptors (Lipinski definition) is 23. The molecule has 1 unspecified atom stereocenters. The second-order valence-electron chi connectivity index (χ2n) is 27.3. The lowest BCUT2D eigenvalue weighted by Crippen LogP contribution is -2.62. The molecule has 15 atom stereocenters. The predicted octanol–water partition coefficient (Wildman–Crippen LogP) is -5.12. The number of amides is 14. The number of primary amides is 3. The molecule has 14 amide bonds. The number of aliphatic hydroxyl groups is 1. The molecule has 1 aromatic heterocycles. The van der Waals surface area contributed by atoms with Crippen LogP contribution in [0.15, 0.2) is 71.3 Å². The molecule has 111 heavy (non-hydrogen) atoms. The second-order valence-corrected chi connectivity index (χ2v) is 29.3. The molecule has 0 spiro atoms. The Balaban J connectivity index is 1.45. The number of fused-ring (bicyclic) bond motifs is 1. The number of carbonyl (C=O) groups is 15. The number of aliphatic carboxylic acids is 1. The third kappa shape index (κ3) is 28.1. The van der Waals surface area contributed by atoms with Crippen molar-refractivity contribution >= 4 is 129 Å². The van der Waals surface area contributed by atoms with Crippen LogP contribution in [0, 0.1) is 17.8 Å². The number of allylic oxidation sites excluding steroid dienone is 3. The third-order valence-corrected chi connectivity index (χ3v) is 20.3. The molecule has 1 fully saturated rings. The van der Waals surface area contributed by atoms with Crippen LogP contribution < -0.4 is 98.5 Å². The van der Waals surface area contributed by atoms with Crippen LogP contribution in [0.25, 0.3) is 10.9 Å². The van der Waals surface area contributed by atoms with Crippen LogP contribution in [0.3, 0.4) is 0 Å². The Hall–Kier alpha value is -10.5. The van der Waals surface area contributed by atoms with E-state index in [0.717, 1.165) is 5.70 Å². The largest absolute Gasteiger partial charge is 0.481 e. The zero-order valence-corrected chi connectivity index (χ0v) is 64.9. The van der Waals surface area contributed by atoms with Crippen molar-refractivity contribution in [1.82, 2.24) is 79.0 Å². The fraction of sp³-hybridized carbons (Fsp3) is 0.571. The van der Waals surface area contributed by atoms with Crippen molar-refractivity contribution in [2.45, 2.75) is 191 Å². The molecule has 1 aliphatic carbocycles. The van der Waals surface area contributed by atoms with Crippen LogP contribution in [0.1, 0.15) is 117 Å². The number of carbonyl (C=O) groups excluding carboxylic acids is 14. The molecule has 27 N–H and O–H groups in total. The van der Waals surface area contributed by atoms with Crippen molar-refractivity contribution in [3.05, 3.63) is 71.8 Å². The number of para-hydroxylation sites is 1. The van der Waals surface area contributed by atoms with E-state index in [1.54, 1.807) is 81.9 Å².